The molecule has 12 heteroatoms. The summed E-state index contributed by atoms with van der Waals surface area (Å²) in [7, 11) is 0. The Hall–Kier alpha value is -4.32. The highest BCUT2D eigenvalue weighted by atomic mass is 19.1. The maximum atomic E-state index is 14.1. The van der Waals surface area contributed by atoms with Gasteiger partial charge in [0.05, 0.1) is 5.39 Å². The van der Waals surface area contributed by atoms with Crippen LogP contribution in [0, 0.1) is 12.7 Å². The molecule has 37 heavy (non-hydrogen) atoms. The number of halogens is 1. The van der Waals surface area contributed by atoms with Gasteiger partial charge >= 0.3 is 0 Å². The second-order valence-electron chi connectivity index (χ2n) is 9.31. The standard InChI is InChI=1S/C25H27FN10O/c1-15-4-8-35-22(15)24(28-5-9-34-6-2-3-7-34)31-19(32-35)13-36-25-20(23(27)29-14-30-25)21(33-36)16-10-17(26)12-18(37)11-16/h4,8,10-12,14,37H,2-3,5-7,9,13H2,1H3,(H2,27,29,30)(H,28,31,32). The largest absolute Gasteiger partial charge is 0.508 e. The second kappa shape index (κ2) is 9.28. The predicted molar refractivity (Wildman–Crippen MR) is 138 cm³/mol. The molecule has 1 saturated heterocycles. The Balaban J connectivity index is 1.38. The summed E-state index contributed by atoms with van der Waals surface area (Å²) in [6, 6.07) is 5.75. The number of nitrogens with zero attached hydrogens (tertiary/aromatic N) is 8. The van der Waals surface area contributed by atoms with Crippen molar-refractivity contribution in [2.24, 2.45) is 0 Å². The Morgan fingerprint density at radius 2 is 1.97 bits per heavy atom. The lowest BCUT2D eigenvalue weighted by atomic mass is 10.1. The molecular formula is C25H27FN10O. The maximum Gasteiger partial charge on any atom is 0.173 e. The summed E-state index contributed by atoms with van der Waals surface area (Å²) < 4.78 is 17.5. The van der Waals surface area contributed by atoms with E-state index >= 15 is 0 Å². The number of aromatic hydroxyl groups is 1. The van der Waals surface area contributed by atoms with E-state index in [4.69, 9.17) is 15.8 Å². The van der Waals surface area contributed by atoms with Crippen molar-refractivity contribution in [3.63, 3.8) is 0 Å². The molecule has 0 amide bonds. The third-order valence-corrected chi connectivity index (χ3v) is 6.68. The van der Waals surface area contributed by atoms with Crippen molar-refractivity contribution < 1.29 is 9.50 Å². The minimum absolute atomic E-state index is 0.197. The molecule has 1 aliphatic rings. The molecule has 4 aromatic heterocycles. The van der Waals surface area contributed by atoms with E-state index in [1.54, 1.807) is 4.68 Å². The van der Waals surface area contributed by atoms with Gasteiger partial charge in [-0.1, -0.05) is 0 Å². The fraction of sp³-hybridized carbons (Fsp3) is 0.320. The molecule has 11 nitrogen and oxygen atoms in total. The summed E-state index contributed by atoms with van der Waals surface area (Å²) in [5.74, 6) is 0.676. The van der Waals surface area contributed by atoms with Gasteiger partial charge in [-0.15, -0.1) is 0 Å². The minimum Gasteiger partial charge on any atom is -0.508 e. The number of nitrogens with two attached hydrogens (primary N) is 1. The highest BCUT2D eigenvalue weighted by Gasteiger charge is 2.20. The molecule has 0 radical (unpaired) electrons. The van der Waals surface area contributed by atoms with Crippen molar-refractivity contribution in [1.82, 2.24) is 39.2 Å². The average molecular weight is 503 g/mol. The van der Waals surface area contributed by atoms with Gasteiger partial charge in [0.25, 0.3) is 0 Å². The van der Waals surface area contributed by atoms with Crippen LogP contribution in [0.2, 0.25) is 0 Å². The number of phenolic OH excluding ortho intramolecular Hbond substituents is 1. The zero-order chi connectivity index (χ0) is 25.5. The molecule has 190 valence electrons. The molecular weight excluding hydrogens is 475 g/mol. The van der Waals surface area contributed by atoms with Crippen molar-refractivity contribution in [2.45, 2.75) is 26.3 Å². The summed E-state index contributed by atoms with van der Waals surface area (Å²) in [5.41, 5.74) is 9.37. The lowest BCUT2D eigenvalue weighted by Gasteiger charge is -2.16. The molecule has 5 heterocycles. The first-order valence-electron chi connectivity index (χ1n) is 12.2. The molecule has 6 rings (SSSR count). The number of nitrogen functional groups attached to an aromatic ring is 1. The van der Waals surface area contributed by atoms with Gasteiger partial charge in [0.2, 0.25) is 0 Å². The summed E-state index contributed by atoms with van der Waals surface area (Å²) in [6.07, 6.45) is 5.77. The van der Waals surface area contributed by atoms with Crippen molar-refractivity contribution in [2.75, 3.05) is 37.2 Å². The topological polar surface area (TPSA) is 135 Å². The van der Waals surface area contributed by atoms with E-state index in [1.165, 1.54) is 31.3 Å². The smallest absolute Gasteiger partial charge is 0.173 e. The molecule has 0 unspecified atom stereocenters. The Bertz CT molecular complexity index is 1580. The molecule has 5 aromatic rings. The van der Waals surface area contributed by atoms with Gasteiger partial charge < -0.3 is 21.1 Å². The number of hydrogen-bond donors (Lipinski definition) is 3. The highest BCUT2D eigenvalue weighted by molar-refractivity contribution is 5.98. The van der Waals surface area contributed by atoms with Gasteiger partial charge in [0.1, 0.15) is 41.5 Å². The molecule has 0 atom stereocenters. The van der Waals surface area contributed by atoms with Crippen LogP contribution < -0.4 is 11.1 Å². The Labute approximate surface area is 211 Å². The Morgan fingerprint density at radius 1 is 1.14 bits per heavy atom. The van der Waals surface area contributed by atoms with Gasteiger partial charge in [-0.2, -0.15) is 10.2 Å². The fourth-order valence-corrected chi connectivity index (χ4v) is 4.94. The predicted octanol–water partition coefficient (Wildman–Crippen LogP) is 2.83. The van der Waals surface area contributed by atoms with Crippen LogP contribution in [0.4, 0.5) is 16.0 Å². The van der Waals surface area contributed by atoms with E-state index < -0.39 is 5.82 Å². The molecule has 4 N–H and O–H groups in total. The van der Waals surface area contributed by atoms with Crippen LogP contribution in [0.5, 0.6) is 5.75 Å². The number of aromatic nitrogens is 7. The third-order valence-electron chi connectivity index (χ3n) is 6.68. The molecule has 1 aromatic carbocycles. The number of likely N-dealkylation sites (tertiary alicyclic amines) is 1. The Kier molecular flexibility index (Phi) is 5.80. The lowest BCUT2D eigenvalue weighted by molar-refractivity contribution is 0.352. The summed E-state index contributed by atoms with van der Waals surface area (Å²) in [6.45, 7) is 6.24. The van der Waals surface area contributed by atoms with Crippen molar-refractivity contribution in [3.8, 4) is 17.0 Å². The van der Waals surface area contributed by atoms with Crippen molar-refractivity contribution in [3.05, 3.63) is 54.0 Å². The minimum atomic E-state index is -0.588. The molecule has 0 aliphatic carbocycles. The number of anilines is 2. The second-order valence-corrected chi connectivity index (χ2v) is 9.31. The van der Waals surface area contributed by atoms with Crippen LogP contribution in [0.1, 0.15) is 24.2 Å². The first-order valence-corrected chi connectivity index (χ1v) is 12.2. The molecule has 1 aliphatic heterocycles. The zero-order valence-corrected chi connectivity index (χ0v) is 20.4. The van der Waals surface area contributed by atoms with E-state index in [9.17, 15) is 9.50 Å². The number of rotatable bonds is 7. The normalized spacial score (nSPS) is 14.2. The number of nitrogens with one attached hydrogen (secondary N) is 1. The Morgan fingerprint density at radius 3 is 2.78 bits per heavy atom. The first-order chi connectivity index (χ1) is 18.0. The summed E-state index contributed by atoms with van der Waals surface area (Å²) in [5, 5.41) is 23.3. The van der Waals surface area contributed by atoms with E-state index in [0.717, 1.165) is 49.1 Å². The SMILES string of the molecule is Cc1ccn2nc(Cn3nc(-c4cc(O)cc(F)c4)c4c(N)ncnc43)nc(NCCN3CCCC3)c12. The van der Waals surface area contributed by atoms with Crippen LogP contribution in [0.15, 0.2) is 36.8 Å². The first kappa shape index (κ1) is 23.1. The molecule has 1 fully saturated rings. The van der Waals surface area contributed by atoms with Gasteiger partial charge in [0.15, 0.2) is 17.3 Å². The van der Waals surface area contributed by atoms with E-state index in [0.29, 0.717) is 28.1 Å². The van der Waals surface area contributed by atoms with Gasteiger partial charge in [-0.25, -0.2) is 28.5 Å². The van der Waals surface area contributed by atoms with Gasteiger partial charge in [0, 0.05) is 30.9 Å². The lowest BCUT2D eigenvalue weighted by Crippen LogP contribution is -2.26. The monoisotopic (exact) mass is 502 g/mol. The number of fused-ring (bicyclic) bond motifs is 2. The summed E-state index contributed by atoms with van der Waals surface area (Å²) in [4.78, 5) is 15.8. The molecule has 0 saturated carbocycles. The van der Waals surface area contributed by atoms with E-state index in [1.807, 2.05) is 23.7 Å². The van der Waals surface area contributed by atoms with Crippen LogP contribution in [0.3, 0.4) is 0 Å². The number of phenols is 1. The number of hydrogen-bond acceptors (Lipinski definition) is 9. The highest BCUT2D eigenvalue weighted by Crippen LogP contribution is 2.32. The van der Waals surface area contributed by atoms with Gasteiger partial charge in [-0.3, -0.25) is 0 Å². The van der Waals surface area contributed by atoms with Crippen molar-refractivity contribution >= 4 is 28.2 Å². The van der Waals surface area contributed by atoms with Crippen LogP contribution >= 0.6 is 0 Å². The van der Waals surface area contributed by atoms with Crippen LogP contribution in [-0.2, 0) is 6.54 Å². The fourth-order valence-electron chi connectivity index (χ4n) is 4.94. The molecule has 0 spiro atoms. The van der Waals surface area contributed by atoms with Crippen molar-refractivity contribution in [1.29, 1.82) is 0 Å². The maximum absolute atomic E-state index is 14.1. The van der Waals surface area contributed by atoms with Gasteiger partial charge in [-0.05, 0) is 56.6 Å². The quantitative estimate of drug-likeness (QED) is 0.307. The zero-order valence-electron chi connectivity index (χ0n) is 20.4. The van der Waals surface area contributed by atoms with E-state index in [-0.39, 0.29) is 18.1 Å². The third kappa shape index (κ3) is 4.40. The number of benzene rings is 1. The number of aryl methyl sites for hydroxylation is 1. The molecule has 0 bridgehead atoms. The van der Waals surface area contributed by atoms with Crippen LogP contribution in [-0.4, -0.2) is 70.5 Å². The summed E-state index contributed by atoms with van der Waals surface area (Å²) >= 11 is 0. The van der Waals surface area contributed by atoms with E-state index in [2.05, 4.69) is 25.3 Å². The van der Waals surface area contributed by atoms with Crippen LogP contribution in [0.25, 0.3) is 27.8 Å². The average Bonchev–Trinajstić information content (AvgIpc) is 3.59.